The predicted molar refractivity (Wildman–Crippen MR) is 146 cm³/mol. The zero-order valence-electron chi connectivity index (χ0n) is 22.9. The van der Waals surface area contributed by atoms with Crippen LogP contribution in [0.3, 0.4) is 0 Å². The van der Waals surface area contributed by atoms with Crippen molar-refractivity contribution in [2.45, 2.75) is 71.2 Å². The normalized spacial score (nSPS) is 19.0. The number of amides is 2. The first-order valence-electron chi connectivity index (χ1n) is 13.5. The molecule has 0 radical (unpaired) electrons. The molecule has 2 fully saturated rings. The number of aromatic nitrogens is 2. The second-order valence-corrected chi connectivity index (χ2v) is 11.3. The Bertz CT molecular complexity index is 1370. The molecule has 2 unspecified atom stereocenters. The van der Waals surface area contributed by atoms with Crippen LogP contribution in [0.5, 0.6) is 0 Å². The van der Waals surface area contributed by atoms with Gasteiger partial charge in [-0.25, -0.2) is 18.6 Å². The van der Waals surface area contributed by atoms with Gasteiger partial charge in [-0.05, 0) is 70.7 Å². The Hall–Kier alpha value is -3.69. The maximum Gasteiger partial charge on any atom is 0.410 e. The lowest BCUT2D eigenvalue weighted by Gasteiger charge is -2.42. The number of hydrogen-bond donors (Lipinski definition) is 0. The number of piperazine rings is 1. The first-order chi connectivity index (χ1) is 18.6. The van der Waals surface area contributed by atoms with E-state index in [4.69, 9.17) is 4.74 Å². The summed E-state index contributed by atoms with van der Waals surface area (Å²) in [6.07, 6.45) is 5.63. The van der Waals surface area contributed by atoms with Crippen molar-refractivity contribution in [3.63, 3.8) is 0 Å². The molecule has 3 aromatic rings. The van der Waals surface area contributed by atoms with Gasteiger partial charge in [0.05, 0.1) is 29.7 Å². The number of carbonyl (C=O) groups excluding carboxylic acids is 2. The molecule has 5 rings (SSSR count). The highest BCUT2D eigenvalue weighted by Gasteiger charge is 2.44. The number of rotatable bonds is 7. The number of nitrogens with zero attached hydrogens (tertiary/aromatic N) is 5. The molecule has 0 spiro atoms. The molecule has 2 bridgehead atoms. The van der Waals surface area contributed by atoms with E-state index in [1.54, 1.807) is 11.1 Å². The van der Waals surface area contributed by atoms with Crippen molar-refractivity contribution >= 4 is 34.9 Å². The zero-order chi connectivity index (χ0) is 27.9. The van der Waals surface area contributed by atoms with Gasteiger partial charge in [-0.15, -0.1) is 0 Å². The number of aryl methyl sites for hydroxylation is 1. The molecule has 39 heavy (non-hydrogen) atoms. The van der Waals surface area contributed by atoms with E-state index in [1.165, 1.54) is 17.0 Å². The highest BCUT2D eigenvalue weighted by molar-refractivity contribution is 5.84. The second-order valence-electron chi connectivity index (χ2n) is 11.3. The number of benzene rings is 1. The molecule has 2 aliphatic heterocycles. The van der Waals surface area contributed by atoms with Crippen LogP contribution in [0, 0.1) is 11.6 Å². The summed E-state index contributed by atoms with van der Waals surface area (Å²) in [5.41, 5.74) is 1.23. The van der Waals surface area contributed by atoms with E-state index in [2.05, 4.69) is 4.98 Å². The molecule has 0 N–H and O–H groups in total. The Balaban J connectivity index is 1.27. The van der Waals surface area contributed by atoms with E-state index < -0.39 is 17.2 Å². The fraction of sp³-hybridized carbons (Fsp3) is 0.483. The van der Waals surface area contributed by atoms with Crippen molar-refractivity contribution in [2.24, 2.45) is 0 Å². The zero-order valence-corrected chi connectivity index (χ0v) is 22.9. The summed E-state index contributed by atoms with van der Waals surface area (Å²) in [4.78, 5) is 34.1. The molecule has 2 saturated heterocycles. The molecule has 0 saturated carbocycles. The number of fused-ring (bicyclic) bond motifs is 3. The molecule has 10 heteroatoms. The van der Waals surface area contributed by atoms with E-state index in [0.29, 0.717) is 25.2 Å². The van der Waals surface area contributed by atoms with Gasteiger partial charge >= 0.3 is 6.09 Å². The van der Waals surface area contributed by atoms with Gasteiger partial charge in [0, 0.05) is 43.8 Å². The average molecular weight is 540 g/mol. The Morgan fingerprint density at radius 3 is 2.51 bits per heavy atom. The van der Waals surface area contributed by atoms with Crippen LogP contribution in [0.2, 0.25) is 0 Å². The summed E-state index contributed by atoms with van der Waals surface area (Å²) in [5.74, 6) is -1.04. The lowest BCUT2D eigenvalue weighted by Crippen LogP contribution is -2.57. The fourth-order valence-corrected chi connectivity index (χ4v) is 5.69. The van der Waals surface area contributed by atoms with Gasteiger partial charge in [-0.2, -0.15) is 0 Å². The number of anilines is 2. The van der Waals surface area contributed by atoms with Crippen molar-refractivity contribution in [3.8, 4) is 0 Å². The van der Waals surface area contributed by atoms with Gasteiger partial charge in [0.2, 0.25) is 6.41 Å². The van der Waals surface area contributed by atoms with Gasteiger partial charge in [-0.1, -0.05) is 0 Å². The smallest absolute Gasteiger partial charge is 0.410 e. The Morgan fingerprint density at radius 2 is 1.87 bits per heavy atom. The van der Waals surface area contributed by atoms with Gasteiger partial charge in [0.1, 0.15) is 22.9 Å². The van der Waals surface area contributed by atoms with Crippen LogP contribution in [-0.2, 0) is 22.5 Å². The van der Waals surface area contributed by atoms with Crippen LogP contribution in [0.25, 0.3) is 11.0 Å². The van der Waals surface area contributed by atoms with Crippen LogP contribution >= 0.6 is 0 Å². The number of ether oxygens (including phenoxy) is 1. The van der Waals surface area contributed by atoms with Gasteiger partial charge < -0.3 is 19.1 Å². The third kappa shape index (κ3) is 5.42. The quantitative estimate of drug-likeness (QED) is 0.390. The SMILES string of the molecule is CCn1ccc2cc(N(C=O)CCc3cc(F)c(N4CC5CCC(C4)N5C(=O)OC(C)(C)C)cc3F)cnc21. The fourth-order valence-electron chi connectivity index (χ4n) is 5.69. The van der Waals surface area contributed by atoms with Crippen molar-refractivity contribution in [1.29, 1.82) is 0 Å². The van der Waals surface area contributed by atoms with E-state index in [0.717, 1.165) is 30.4 Å². The first kappa shape index (κ1) is 26.9. The lowest BCUT2D eigenvalue weighted by molar-refractivity contribution is -0.107. The lowest BCUT2D eigenvalue weighted by atomic mass is 10.1. The van der Waals surface area contributed by atoms with E-state index in [9.17, 15) is 9.59 Å². The van der Waals surface area contributed by atoms with Gasteiger partial charge in [0.15, 0.2) is 0 Å². The number of pyridine rings is 1. The number of carbonyl (C=O) groups is 2. The monoisotopic (exact) mass is 539 g/mol. The molecule has 8 nitrogen and oxygen atoms in total. The van der Waals surface area contributed by atoms with Gasteiger partial charge in [0.25, 0.3) is 0 Å². The van der Waals surface area contributed by atoms with Crippen LogP contribution in [0.4, 0.5) is 25.0 Å². The van der Waals surface area contributed by atoms with Crippen LogP contribution in [0.15, 0.2) is 36.7 Å². The van der Waals surface area contributed by atoms with Crippen LogP contribution in [0.1, 0.15) is 46.1 Å². The Labute approximate surface area is 227 Å². The van der Waals surface area contributed by atoms with Crippen molar-refractivity contribution in [1.82, 2.24) is 14.5 Å². The third-order valence-corrected chi connectivity index (χ3v) is 7.55. The van der Waals surface area contributed by atoms with E-state index >= 15 is 8.78 Å². The summed E-state index contributed by atoms with van der Waals surface area (Å²) in [5, 5.41) is 0.906. The van der Waals surface area contributed by atoms with Gasteiger partial charge in [-0.3, -0.25) is 9.69 Å². The van der Waals surface area contributed by atoms with Crippen LogP contribution < -0.4 is 9.80 Å². The minimum Gasteiger partial charge on any atom is -0.444 e. The predicted octanol–water partition coefficient (Wildman–Crippen LogP) is 5.13. The number of hydrogen-bond acceptors (Lipinski definition) is 5. The van der Waals surface area contributed by atoms with E-state index in [1.807, 2.05) is 55.5 Å². The Morgan fingerprint density at radius 1 is 1.15 bits per heavy atom. The van der Waals surface area contributed by atoms with E-state index in [-0.39, 0.29) is 42.4 Å². The molecule has 2 amide bonds. The summed E-state index contributed by atoms with van der Waals surface area (Å²) < 4.78 is 38.1. The second kappa shape index (κ2) is 10.5. The molecule has 2 atom stereocenters. The average Bonchev–Trinajstić information content (AvgIpc) is 3.42. The maximum absolute atomic E-state index is 15.3. The summed E-state index contributed by atoms with van der Waals surface area (Å²) in [6, 6.07) is 6.04. The number of halogens is 2. The van der Waals surface area contributed by atoms with Crippen molar-refractivity contribution in [3.05, 3.63) is 53.9 Å². The topological polar surface area (TPSA) is 70.9 Å². The standard InChI is InChI=1S/C29H35F2N5O3/c1-5-33-10-9-20-12-23(15-32-27(20)33)34(18-37)11-8-19-13-25(31)26(14-24(19)30)35-16-21-6-7-22(17-35)36(21)28(38)39-29(2,3)4/h9-10,12-15,18,21-22H,5-8,11,16-17H2,1-4H3. The summed E-state index contributed by atoms with van der Waals surface area (Å²) in [7, 11) is 0. The Kier molecular flexibility index (Phi) is 7.22. The molecule has 0 aliphatic carbocycles. The van der Waals surface area contributed by atoms with Crippen molar-refractivity contribution in [2.75, 3.05) is 29.4 Å². The summed E-state index contributed by atoms with van der Waals surface area (Å²) in [6.45, 7) is 9.32. The minimum atomic E-state index is -0.595. The molecule has 2 aromatic heterocycles. The molecular weight excluding hydrogens is 504 g/mol. The van der Waals surface area contributed by atoms with Crippen LogP contribution in [-0.4, -0.2) is 64.3 Å². The minimum absolute atomic E-state index is 0.109. The maximum atomic E-state index is 15.3. The molecule has 208 valence electrons. The first-order valence-corrected chi connectivity index (χ1v) is 13.5. The van der Waals surface area contributed by atoms with Crippen molar-refractivity contribution < 1.29 is 23.1 Å². The molecule has 2 aliphatic rings. The molecule has 4 heterocycles. The highest BCUT2D eigenvalue weighted by atomic mass is 19.1. The largest absolute Gasteiger partial charge is 0.444 e. The highest BCUT2D eigenvalue weighted by Crippen LogP contribution is 2.35. The third-order valence-electron chi connectivity index (χ3n) is 7.55. The molecular formula is C29H35F2N5O3. The molecule has 1 aromatic carbocycles. The summed E-state index contributed by atoms with van der Waals surface area (Å²) >= 11 is 0.